The third-order valence-corrected chi connectivity index (χ3v) is 6.07. The van der Waals surface area contributed by atoms with E-state index in [0.29, 0.717) is 23.5 Å². The Morgan fingerprint density at radius 3 is 2.20 bits per heavy atom. The molecule has 30 heavy (non-hydrogen) atoms. The SMILES string of the molecule is CC(=O)N(c1ccccc1)c1nc(CN[C@@H](c2ccc(C(C)C)cc2)C(C)C)cs1. The highest BCUT2D eigenvalue weighted by atomic mass is 32.1. The summed E-state index contributed by atoms with van der Waals surface area (Å²) in [4.78, 5) is 18.6. The number of nitrogens with one attached hydrogen (secondary N) is 1. The molecule has 3 aromatic rings. The number of benzene rings is 2. The van der Waals surface area contributed by atoms with Gasteiger partial charge in [-0.1, -0.05) is 70.2 Å². The quantitative estimate of drug-likeness (QED) is 0.455. The van der Waals surface area contributed by atoms with Crippen molar-refractivity contribution < 1.29 is 4.79 Å². The number of hydrogen-bond donors (Lipinski definition) is 1. The van der Waals surface area contributed by atoms with Gasteiger partial charge in [-0.2, -0.15) is 0 Å². The second-order valence-electron chi connectivity index (χ2n) is 8.24. The maximum Gasteiger partial charge on any atom is 0.230 e. The molecule has 0 fully saturated rings. The average Bonchev–Trinajstić information content (AvgIpc) is 3.17. The van der Waals surface area contributed by atoms with Crippen LogP contribution < -0.4 is 10.2 Å². The molecule has 0 spiro atoms. The number of carbonyl (C=O) groups is 1. The van der Waals surface area contributed by atoms with Crippen LogP contribution in [0.3, 0.4) is 0 Å². The molecule has 5 heteroatoms. The molecule has 0 saturated heterocycles. The smallest absolute Gasteiger partial charge is 0.230 e. The number of anilines is 2. The van der Waals surface area contributed by atoms with Crippen LogP contribution in [0.1, 0.15) is 63.4 Å². The summed E-state index contributed by atoms with van der Waals surface area (Å²) in [6.07, 6.45) is 0. The number of rotatable bonds is 8. The van der Waals surface area contributed by atoms with Gasteiger partial charge in [0.05, 0.1) is 11.4 Å². The van der Waals surface area contributed by atoms with Gasteiger partial charge in [0.2, 0.25) is 5.91 Å². The van der Waals surface area contributed by atoms with Crippen molar-refractivity contribution in [2.75, 3.05) is 4.90 Å². The van der Waals surface area contributed by atoms with E-state index in [2.05, 4.69) is 57.3 Å². The molecule has 0 unspecified atom stereocenters. The number of carbonyl (C=O) groups excluding carboxylic acids is 1. The van der Waals surface area contributed by atoms with Gasteiger partial charge in [-0.25, -0.2) is 4.98 Å². The van der Waals surface area contributed by atoms with E-state index in [0.717, 1.165) is 11.4 Å². The molecule has 1 N–H and O–H groups in total. The lowest BCUT2D eigenvalue weighted by Crippen LogP contribution is -2.26. The lowest BCUT2D eigenvalue weighted by molar-refractivity contribution is -0.115. The molecule has 0 aliphatic heterocycles. The second-order valence-corrected chi connectivity index (χ2v) is 9.07. The zero-order valence-electron chi connectivity index (χ0n) is 18.4. The maximum absolute atomic E-state index is 12.2. The van der Waals surface area contributed by atoms with Crippen molar-refractivity contribution in [3.05, 3.63) is 76.8 Å². The van der Waals surface area contributed by atoms with Crippen molar-refractivity contribution in [1.82, 2.24) is 10.3 Å². The Morgan fingerprint density at radius 1 is 1.00 bits per heavy atom. The molecule has 4 nitrogen and oxygen atoms in total. The summed E-state index contributed by atoms with van der Waals surface area (Å²) in [6.45, 7) is 11.1. The first-order valence-electron chi connectivity index (χ1n) is 10.5. The van der Waals surface area contributed by atoms with Crippen LogP contribution in [0, 0.1) is 5.92 Å². The number of amides is 1. The molecular formula is C25H31N3OS. The Hall–Kier alpha value is -2.50. The molecule has 0 bridgehead atoms. The Labute approximate surface area is 184 Å². The van der Waals surface area contributed by atoms with Gasteiger partial charge in [-0.05, 0) is 35.1 Å². The van der Waals surface area contributed by atoms with Crippen LogP contribution in [0.2, 0.25) is 0 Å². The molecule has 3 rings (SSSR count). The summed E-state index contributed by atoms with van der Waals surface area (Å²) in [6, 6.07) is 18.8. The van der Waals surface area contributed by atoms with Crippen molar-refractivity contribution in [2.45, 2.75) is 53.1 Å². The molecule has 1 atom stereocenters. The molecule has 0 radical (unpaired) electrons. The number of nitrogens with zero attached hydrogens (tertiary/aromatic N) is 2. The van der Waals surface area contributed by atoms with Crippen LogP contribution in [-0.4, -0.2) is 10.9 Å². The number of hydrogen-bond acceptors (Lipinski definition) is 4. The predicted octanol–water partition coefficient (Wildman–Crippen LogP) is 6.44. The first kappa shape index (κ1) is 22.2. The van der Waals surface area contributed by atoms with Crippen LogP contribution in [0.25, 0.3) is 0 Å². The summed E-state index contributed by atoms with van der Waals surface area (Å²) in [5.41, 5.74) is 4.43. The average molecular weight is 422 g/mol. The van der Waals surface area contributed by atoms with Crippen molar-refractivity contribution in [3.8, 4) is 0 Å². The van der Waals surface area contributed by atoms with Crippen LogP contribution in [-0.2, 0) is 11.3 Å². The number of aromatic nitrogens is 1. The molecule has 0 aliphatic rings. The van der Waals surface area contributed by atoms with Crippen LogP contribution in [0.4, 0.5) is 10.8 Å². The van der Waals surface area contributed by atoms with E-state index in [9.17, 15) is 4.79 Å². The van der Waals surface area contributed by atoms with E-state index in [1.54, 1.807) is 11.8 Å². The Balaban J connectivity index is 1.73. The Morgan fingerprint density at radius 2 is 1.63 bits per heavy atom. The topological polar surface area (TPSA) is 45.2 Å². The lowest BCUT2D eigenvalue weighted by Gasteiger charge is -2.23. The van der Waals surface area contributed by atoms with Gasteiger partial charge in [-0.15, -0.1) is 11.3 Å². The summed E-state index contributed by atoms with van der Waals surface area (Å²) >= 11 is 1.50. The maximum atomic E-state index is 12.2. The molecule has 0 aliphatic carbocycles. The second kappa shape index (κ2) is 10.0. The monoisotopic (exact) mass is 421 g/mol. The van der Waals surface area contributed by atoms with Crippen molar-refractivity contribution >= 4 is 28.1 Å². The van der Waals surface area contributed by atoms with Gasteiger partial charge >= 0.3 is 0 Å². The van der Waals surface area contributed by atoms with Crippen LogP contribution in [0.5, 0.6) is 0 Å². The van der Waals surface area contributed by atoms with E-state index in [4.69, 9.17) is 4.98 Å². The molecule has 0 saturated carbocycles. The van der Waals surface area contributed by atoms with Gasteiger partial charge in [0.15, 0.2) is 5.13 Å². The lowest BCUT2D eigenvalue weighted by atomic mass is 9.93. The summed E-state index contributed by atoms with van der Waals surface area (Å²) < 4.78 is 0. The third-order valence-electron chi connectivity index (χ3n) is 5.19. The first-order chi connectivity index (χ1) is 14.4. The molecule has 158 valence electrons. The summed E-state index contributed by atoms with van der Waals surface area (Å²) in [5.74, 6) is 0.943. The zero-order chi connectivity index (χ0) is 21.7. The van der Waals surface area contributed by atoms with Gasteiger partial charge in [0, 0.05) is 24.9 Å². The fourth-order valence-electron chi connectivity index (χ4n) is 3.53. The fourth-order valence-corrected chi connectivity index (χ4v) is 4.41. The fraction of sp³-hybridized carbons (Fsp3) is 0.360. The Kier molecular flexibility index (Phi) is 7.40. The highest BCUT2D eigenvalue weighted by Gasteiger charge is 2.19. The highest BCUT2D eigenvalue weighted by Crippen LogP contribution is 2.29. The molecular weight excluding hydrogens is 390 g/mol. The van der Waals surface area contributed by atoms with E-state index >= 15 is 0 Å². The largest absolute Gasteiger partial charge is 0.304 e. The predicted molar refractivity (Wildman–Crippen MR) is 126 cm³/mol. The van der Waals surface area contributed by atoms with Gasteiger partial charge in [-0.3, -0.25) is 9.69 Å². The summed E-state index contributed by atoms with van der Waals surface area (Å²) in [5, 5.41) is 6.39. The van der Waals surface area contributed by atoms with Gasteiger partial charge in [0.1, 0.15) is 0 Å². The third kappa shape index (κ3) is 5.35. The van der Waals surface area contributed by atoms with Crippen LogP contribution >= 0.6 is 11.3 Å². The highest BCUT2D eigenvalue weighted by molar-refractivity contribution is 7.14. The Bertz CT molecular complexity index is 948. The minimum absolute atomic E-state index is 0.0413. The van der Waals surface area contributed by atoms with E-state index in [1.165, 1.54) is 22.5 Å². The van der Waals surface area contributed by atoms with E-state index < -0.39 is 0 Å². The van der Waals surface area contributed by atoms with Crippen molar-refractivity contribution in [1.29, 1.82) is 0 Å². The van der Waals surface area contributed by atoms with Crippen molar-refractivity contribution in [2.24, 2.45) is 5.92 Å². The zero-order valence-corrected chi connectivity index (χ0v) is 19.2. The van der Waals surface area contributed by atoms with E-state index in [1.807, 2.05) is 35.7 Å². The van der Waals surface area contributed by atoms with Gasteiger partial charge in [0.25, 0.3) is 0 Å². The minimum atomic E-state index is -0.0413. The summed E-state index contributed by atoms with van der Waals surface area (Å²) in [7, 11) is 0. The number of para-hydroxylation sites is 1. The normalized spacial score (nSPS) is 12.4. The number of thiazole rings is 1. The molecule has 2 aromatic carbocycles. The first-order valence-corrected chi connectivity index (χ1v) is 11.4. The van der Waals surface area contributed by atoms with E-state index in [-0.39, 0.29) is 11.9 Å². The van der Waals surface area contributed by atoms with Gasteiger partial charge < -0.3 is 5.32 Å². The van der Waals surface area contributed by atoms with Crippen LogP contribution in [0.15, 0.2) is 60.0 Å². The molecule has 1 aromatic heterocycles. The molecule has 1 heterocycles. The van der Waals surface area contributed by atoms with Crippen molar-refractivity contribution in [3.63, 3.8) is 0 Å². The standard InChI is InChI=1S/C25H31N3OS/c1-17(2)20-11-13-21(14-12-20)24(18(3)4)26-15-22-16-30-25(27-22)28(19(5)29)23-9-7-6-8-10-23/h6-14,16-18,24,26H,15H2,1-5H3/t24-/m1/s1. The minimum Gasteiger partial charge on any atom is -0.304 e. The molecule has 1 amide bonds.